The van der Waals surface area contributed by atoms with Crippen LogP contribution >= 0.6 is 22.7 Å². The highest BCUT2D eigenvalue weighted by Crippen LogP contribution is 2.35. The molecular weight excluding hydrogens is 497 g/mol. The molecule has 0 aliphatic carbocycles. The fraction of sp³-hybridized carbons (Fsp3) is 0. The summed E-state index contributed by atoms with van der Waals surface area (Å²) in [5.74, 6) is 0. The highest BCUT2D eigenvalue weighted by atomic mass is 32.1. The SMILES string of the molecule is C(=Cc1cscc1-c1cscc1C=Cc1ccc(-c2ccccc2)cc1)c1ccc(-c2ccccc2)cc1. The molecule has 0 atom stereocenters. The lowest BCUT2D eigenvalue weighted by atomic mass is 10.0. The summed E-state index contributed by atoms with van der Waals surface area (Å²) in [7, 11) is 0. The largest absolute Gasteiger partial charge is 0.151 e. The van der Waals surface area contributed by atoms with E-state index in [1.165, 1.54) is 55.6 Å². The van der Waals surface area contributed by atoms with Gasteiger partial charge in [0, 0.05) is 11.1 Å². The molecule has 6 rings (SSSR count). The quantitative estimate of drug-likeness (QED) is 0.196. The molecule has 6 aromatic rings. The lowest BCUT2D eigenvalue weighted by Crippen LogP contribution is -1.80. The topological polar surface area (TPSA) is 0 Å². The third kappa shape index (κ3) is 5.52. The van der Waals surface area contributed by atoms with Crippen molar-refractivity contribution in [3.63, 3.8) is 0 Å². The number of hydrogen-bond acceptors (Lipinski definition) is 2. The van der Waals surface area contributed by atoms with Crippen LogP contribution in [0, 0.1) is 0 Å². The summed E-state index contributed by atoms with van der Waals surface area (Å²) in [6, 6.07) is 38.5. The van der Waals surface area contributed by atoms with Gasteiger partial charge in [0.05, 0.1) is 0 Å². The number of benzene rings is 4. The molecule has 2 aromatic heterocycles. The molecule has 0 nitrogen and oxygen atoms in total. The van der Waals surface area contributed by atoms with E-state index >= 15 is 0 Å². The first-order valence-corrected chi connectivity index (χ1v) is 14.5. The van der Waals surface area contributed by atoms with Gasteiger partial charge in [0.15, 0.2) is 0 Å². The lowest BCUT2D eigenvalue weighted by molar-refractivity contribution is 1.60. The molecular formula is C36H26S2. The summed E-state index contributed by atoms with van der Waals surface area (Å²) in [5.41, 5.74) is 12.4. The van der Waals surface area contributed by atoms with E-state index in [2.05, 4.69) is 155 Å². The smallest absolute Gasteiger partial charge is 0.00102 e. The van der Waals surface area contributed by atoms with Gasteiger partial charge in [-0.25, -0.2) is 0 Å². The maximum Gasteiger partial charge on any atom is 0.00102 e. The van der Waals surface area contributed by atoms with E-state index < -0.39 is 0 Å². The highest BCUT2D eigenvalue weighted by molar-refractivity contribution is 7.09. The summed E-state index contributed by atoms with van der Waals surface area (Å²) in [6.45, 7) is 0. The van der Waals surface area contributed by atoms with E-state index in [0.29, 0.717) is 0 Å². The van der Waals surface area contributed by atoms with Crippen molar-refractivity contribution in [2.24, 2.45) is 0 Å². The molecule has 0 saturated carbocycles. The molecule has 0 amide bonds. The predicted octanol–water partition coefficient (Wildman–Crippen LogP) is 11.2. The molecule has 38 heavy (non-hydrogen) atoms. The van der Waals surface area contributed by atoms with Crippen molar-refractivity contribution in [1.29, 1.82) is 0 Å². The van der Waals surface area contributed by atoms with Gasteiger partial charge in [-0.15, -0.1) is 0 Å². The Morgan fingerprint density at radius 3 is 1.11 bits per heavy atom. The molecule has 0 N–H and O–H groups in total. The summed E-state index contributed by atoms with van der Waals surface area (Å²) in [4.78, 5) is 0. The summed E-state index contributed by atoms with van der Waals surface area (Å²) < 4.78 is 0. The molecule has 182 valence electrons. The maximum absolute atomic E-state index is 2.26. The zero-order valence-electron chi connectivity index (χ0n) is 20.8. The fourth-order valence-corrected chi connectivity index (χ4v) is 6.16. The van der Waals surface area contributed by atoms with E-state index in [-0.39, 0.29) is 0 Å². The first-order valence-electron chi connectivity index (χ1n) is 12.6. The predicted molar refractivity (Wildman–Crippen MR) is 169 cm³/mol. The van der Waals surface area contributed by atoms with Crippen molar-refractivity contribution in [2.75, 3.05) is 0 Å². The van der Waals surface area contributed by atoms with Gasteiger partial charge in [0.25, 0.3) is 0 Å². The lowest BCUT2D eigenvalue weighted by Gasteiger charge is -2.03. The molecule has 0 spiro atoms. The van der Waals surface area contributed by atoms with Crippen molar-refractivity contribution in [3.05, 3.63) is 153 Å². The van der Waals surface area contributed by atoms with E-state index in [1.807, 2.05) is 0 Å². The second kappa shape index (κ2) is 11.4. The van der Waals surface area contributed by atoms with Crippen LogP contribution in [0.5, 0.6) is 0 Å². The van der Waals surface area contributed by atoms with Gasteiger partial charge < -0.3 is 0 Å². The Bertz CT molecular complexity index is 1540. The number of thiophene rings is 2. The van der Waals surface area contributed by atoms with E-state index in [0.717, 1.165) is 0 Å². The Morgan fingerprint density at radius 1 is 0.342 bits per heavy atom. The minimum Gasteiger partial charge on any atom is -0.151 e. The Balaban J connectivity index is 1.18. The molecule has 0 fully saturated rings. The first-order chi connectivity index (χ1) is 18.8. The normalized spacial score (nSPS) is 11.5. The summed E-state index contributed by atoms with van der Waals surface area (Å²) in [6.07, 6.45) is 8.88. The van der Waals surface area contributed by atoms with Gasteiger partial charge in [-0.2, -0.15) is 22.7 Å². The first kappa shape index (κ1) is 24.1. The van der Waals surface area contributed by atoms with Crippen LogP contribution in [0.3, 0.4) is 0 Å². The zero-order chi connectivity index (χ0) is 25.6. The Morgan fingerprint density at radius 2 is 0.711 bits per heavy atom. The monoisotopic (exact) mass is 522 g/mol. The number of hydrogen-bond donors (Lipinski definition) is 0. The number of rotatable bonds is 7. The van der Waals surface area contributed by atoms with E-state index in [1.54, 1.807) is 22.7 Å². The Kier molecular flexibility index (Phi) is 7.26. The molecule has 4 aromatic carbocycles. The van der Waals surface area contributed by atoms with Gasteiger partial charge >= 0.3 is 0 Å². The van der Waals surface area contributed by atoms with Crippen LogP contribution in [-0.2, 0) is 0 Å². The van der Waals surface area contributed by atoms with Crippen molar-refractivity contribution < 1.29 is 0 Å². The minimum absolute atomic E-state index is 1.20. The molecule has 0 aliphatic rings. The molecule has 0 radical (unpaired) electrons. The zero-order valence-corrected chi connectivity index (χ0v) is 22.5. The van der Waals surface area contributed by atoms with Crippen molar-refractivity contribution in [2.45, 2.75) is 0 Å². The van der Waals surface area contributed by atoms with Crippen LogP contribution < -0.4 is 0 Å². The van der Waals surface area contributed by atoms with Crippen molar-refractivity contribution >= 4 is 47.0 Å². The summed E-state index contributed by atoms with van der Waals surface area (Å²) in [5, 5.41) is 8.98. The standard InChI is InChI=1S/C36H26S2/c1-3-7-29(8-4-1)31-17-11-27(12-18-31)15-21-33-23-37-25-35(33)36-26-38-24-34(36)22-16-28-13-19-32(20-14-28)30-9-5-2-6-10-30/h1-26H. The molecule has 0 aliphatic heterocycles. The van der Waals surface area contributed by atoms with Crippen molar-refractivity contribution in [3.8, 4) is 33.4 Å². The second-order valence-corrected chi connectivity index (χ2v) is 10.6. The fourth-order valence-electron chi connectivity index (χ4n) is 4.52. The van der Waals surface area contributed by atoms with Crippen LogP contribution in [0.25, 0.3) is 57.7 Å². The van der Waals surface area contributed by atoms with Gasteiger partial charge in [-0.05, 0) is 66.0 Å². The van der Waals surface area contributed by atoms with Gasteiger partial charge in [-0.3, -0.25) is 0 Å². The van der Waals surface area contributed by atoms with Crippen LogP contribution in [0.1, 0.15) is 22.3 Å². The molecule has 0 bridgehead atoms. The van der Waals surface area contributed by atoms with Crippen LogP contribution in [0.15, 0.2) is 131 Å². The van der Waals surface area contributed by atoms with Crippen LogP contribution in [-0.4, -0.2) is 0 Å². The summed E-state index contributed by atoms with van der Waals surface area (Å²) >= 11 is 3.50. The minimum atomic E-state index is 1.20. The molecule has 0 unspecified atom stereocenters. The Labute approximate surface area is 232 Å². The molecule has 2 heterocycles. The highest BCUT2D eigenvalue weighted by Gasteiger charge is 2.09. The van der Waals surface area contributed by atoms with Gasteiger partial charge in [0.2, 0.25) is 0 Å². The van der Waals surface area contributed by atoms with Crippen LogP contribution in [0.4, 0.5) is 0 Å². The third-order valence-electron chi connectivity index (χ3n) is 6.62. The van der Waals surface area contributed by atoms with Gasteiger partial charge in [-0.1, -0.05) is 133 Å². The van der Waals surface area contributed by atoms with Crippen LogP contribution in [0.2, 0.25) is 0 Å². The van der Waals surface area contributed by atoms with E-state index in [4.69, 9.17) is 0 Å². The Hall–Kier alpha value is -4.24. The molecule has 0 saturated heterocycles. The van der Waals surface area contributed by atoms with E-state index in [9.17, 15) is 0 Å². The second-order valence-electron chi connectivity index (χ2n) is 9.12. The average Bonchev–Trinajstić information content (AvgIpc) is 3.66. The molecule has 2 heteroatoms. The van der Waals surface area contributed by atoms with Gasteiger partial charge in [0.1, 0.15) is 0 Å². The maximum atomic E-state index is 2.26. The third-order valence-corrected chi connectivity index (χ3v) is 8.14. The van der Waals surface area contributed by atoms with Crippen molar-refractivity contribution in [1.82, 2.24) is 0 Å². The average molecular weight is 523 g/mol.